The lowest BCUT2D eigenvalue weighted by Crippen LogP contribution is -2.58. The highest BCUT2D eigenvalue weighted by Gasteiger charge is 2.48. The van der Waals surface area contributed by atoms with E-state index in [-0.39, 0.29) is 6.61 Å². The first-order chi connectivity index (χ1) is 12.7. The zero-order chi connectivity index (χ0) is 19.7. The predicted molar refractivity (Wildman–Crippen MR) is 104 cm³/mol. The molecule has 1 aliphatic heterocycles. The van der Waals surface area contributed by atoms with Crippen molar-refractivity contribution in [1.82, 2.24) is 0 Å². The molecule has 0 unspecified atom stereocenters. The lowest BCUT2D eigenvalue weighted by molar-refractivity contribution is -0.247. The molecule has 1 heterocycles. The molecule has 6 heteroatoms. The Morgan fingerprint density at radius 1 is 1.26 bits per heavy atom. The number of aliphatic hydroxyl groups excluding tert-OH is 2. The minimum Gasteiger partial charge on any atom is -0.443 e. The van der Waals surface area contributed by atoms with Crippen molar-refractivity contribution in [3.05, 3.63) is 42.5 Å². The molecule has 3 rings (SSSR count). The summed E-state index contributed by atoms with van der Waals surface area (Å²) in [5.74, 6) is 0. The van der Waals surface area contributed by atoms with Crippen molar-refractivity contribution in [3.8, 4) is 0 Å². The van der Waals surface area contributed by atoms with Gasteiger partial charge in [0.25, 0.3) is 0 Å². The van der Waals surface area contributed by atoms with Crippen LogP contribution in [0.4, 0.5) is 10.5 Å². The van der Waals surface area contributed by atoms with Gasteiger partial charge in [0.1, 0.15) is 17.8 Å². The lowest BCUT2D eigenvalue weighted by atomic mass is 9.82. The second-order valence-corrected chi connectivity index (χ2v) is 7.80. The summed E-state index contributed by atoms with van der Waals surface area (Å²) in [5.41, 5.74) is -0.975. The Balaban J connectivity index is 1.69. The van der Waals surface area contributed by atoms with E-state index < -0.39 is 29.5 Å². The van der Waals surface area contributed by atoms with Crippen LogP contribution in [-0.4, -0.2) is 46.3 Å². The molecule has 1 amide bonds. The first kappa shape index (κ1) is 19.6. The molecule has 0 spiro atoms. The van der Waals surface area contributed by atoms with Gasteiger partial charge in [-0.1, -0.05) is 36.4 Å². The van der Waals surface area contributed by atoms with Crippen molar-refractivity contribution >= 4 is 22.6 Å². The summed E-state index contributed by atoms with van der Waals surface area (Å²) < 4.78 is 11.7. The minimum atomic E-state index is -0.984. The molecule has 0 aromatic heterocycles. The summed E-state index contributed by atoms with van der Waals surface area (Å²) in [6.45, 7) is 5.04. The van der Waals surface area contributed by atoms with Gasteiger partial charge in [-0.15, -0.1) is 0 Å². The molecule has 2 aromatic rings. The molecule has 0 saturated carbocycles. The van der Waals surface area contributed by atoms with E-state index in [1.807, 2.05) is 56.3 Å². The Morgan fingerprint density at radius 2 is 1.96 bits per heavy atom. The van der Waals surface area contributed by atoms with Crippen LogP contribution >= 0.6 is 0 Å². The molecule has 27 heavy (non-hydrogen) atoms. The maximum absolute atomic E-state index is 12.5. The van der Waals surface area contributed by atoms with Gasteiger partial charge in [0.15, 0.2) is 0 Å². The first-order valence-electron chi connectivity index (χ1n) is 9.20. The van der Waals surface area contributed by atoms with Crippen LogP contribution in [0.2, 0.25) is 0 Å². The van der Waals surface area contributed by atoms with Crippen molar-refractivity contribution in [3.63, 3.8) is 0 Å². The average Bonchev–Trinajstić information content (AvgIpc) is 2.63. The Bertz CT molecular complexity index is 816. The third-order valence-corrected chi connectivity index (χ3v) is 5.33. The van der Waals surface area contributed by atoms with Crippen LogP contribution in [0.3, 0.4) is 0 Å². The molecule has 0 bridgehead atoms. The summed E-state index contributed by atoms with van der Waals surface area (Å²) >= 11 is 0. The highest BCUT2D eigenvalue weighted by molar-refractivity contribution is 6.00. The van der Waals surface area contributed by atoms with E-state index in [4.69, 9.17) is 9.47 Å². The first-order valence-corrected chi connectivity index (χ1v) is 9.20. The number of ether oxygens (including phenoxy) is 2. The number of amides is 1. The van der Waals surface area contributed by atoms with Gasteiger partial charge < -0.3 is 19.7 Å². The largest absolute Gasteiger partial charge is 0.443 e. The van der Waals surface area contributed by atoms with Gasteiger partial charge in [-0.3, -0.25) is 5.32 Å². The third kappa shape index (κ3) is 4.08. The van der Waals surface area contributed by atoms with Gasteiger partial charge in [0.05, 0.1) is 17.9 Å². The van der Waals surface area contributed by atoms with Crippen molar-refractivity contribution in [1.29, 1.82) is 0 Å². The fourth-order valence-electron chi connectivity index (χ4n) is 3.71. The van der Waals surface area contributed by atoms with Crippen LogP contribution in [0.25, 0.3) is 10.8 Å². The number of benzene rings is 2. The van der Waals surface area contributed by atoms with Crippen LogP contribution in [0, 0.1) is 0 Å². The smallest absolute Gasteiger partial charge is 0.412 e. The van der Waals surface area contributed by atoms with Gasteiger partial charge in [0, 0.05) is 5.39 Å². The molecule has 1 aliphatic rings. The number of hydrogen-bond donors (Lipinski definition) is 3. The Hall–Kier alpha value is -2.15. The molecular formula is C21H27NO5. The SMILES string of the molecule is CC1(C)O[C@@](C)([C@@H](O)CO)CC[C@@H]1OC(=O)Nc1cccc2ccccc12. The van der Waals surface area contributed by atoms with Gasteiger partial charge in [-0.05, 0) is 45.1 Å². The van der Waals surface area contributed by atoms with Crippen molar-refractivity contribution < 1.29 is 24.5 Å². The lowest BCUT2D eigenvalue weighted by Gasteiger charge is -2.48. The molecular weight excluding hydrogens is 346 g/mol. The van der Waals surface area contributed by atoms with E-state index in [1.54, 1.807) is 6.92 Å². The Labute approximate surface area is 159 Å². The minimum absolute atomic E-state index is 0.375. The van der Waals surface area contributed by atoms with Gasteiger partial charge in [0.2, 0.25) is 0 Å². The van der Waals surface area contributed by atoms with Crippen LogP contribution in [0.15, 0.2) is 42.5 Å². The fraction of sp³-hybridized carbons (Fsp3) is 0.476. The summed E-state index contributed by atoms with van der Waals surface area (Å²) in [4.78, 5) is 12.5. The molecule has 6 nitrogen and oxygen atoms in total. The number of aliphatic hydroxyl groups is 2. The molecule has 146 valence electrons. The second-order valence-electron chi connectivity index (χ2n) is 7.80. The van der Waals surface area contributed by atoms with E-state index in [0.29, 0.717) is 18.5 Å². The second kappa shape index (κ2) is 7.46. The highest BCUT2D eigenvalue weighted by Crippen LogP contribution is 2.39. The number of carbonyl (C=O) groups excluding carboxylic acids is 1. The topological polar surface area (TPSA) is 88.0 Å². The zero-order valence-corrected chi connectivity index (χ0v) is 15.9. The molecule has 1 saturated heterocycles. The number of nitrogens with one attached hydrogen (secondary N) is 1. The van der Waals surface area contributed by atoms with Crippen molar-refractivity contribution in [2.24, 2.45) is 0 Å². The standard InChI is InChI=1S/C21H27NO5/c1-20(2)18(11-12-21(3,27-20)17(24)13-23)26-19(25)22-16-10-6-8-14-7-4-5-9-15(14)16/h4-10,17-18,23-24H,11-13H2,1-3H3,(H,22,25)/t17-,18-,21+/m0/s1. The quantitative estimate of drug-likeness (QED) is 0.764. The van der Waals surface area contributed by atoms with Gasteiger partial charge in [-0.2, -0.15) is 0 Å². The fourth-order valence-corrected chi connectivity index (χ4v) is 3.71. The van der Waals surface area contributed by atoms with Gasteiger partial charge >= 0.3 is 6.09 Å². The van der Waals surface area contributed by atoms with Crippen molar-refractivity contribution in [2.75, 3.05) is 11.9 Å². The summed E-state index contributed by atoms with van der Waals surface area (Å²) in [6, 6.07) is 13.5. The van der Waals surface area contributed by atoms with E-state index in [2.05, 4.69) is 5.32 Å². The van der Waals surface area contributed by atoms with E-state index in [0.717, 1.165) is 10.8 Å². The number of carbonyl (C=O) groups is 1. The van der Waals surface area contributed by atoms with Crippen LogP contribution in [0.1, 0.15) is 33.6 Å². The number of fused-ring (bicyclic) bond motifs is 1. The molecule has 0 aliphatic carbocycles. The maximum Gasteiger partial charge on any atom is 0.412 e. The van der Waals surface area contributed by atoms with Crippen molar-refractivity contribution in [2.45, 2.75) is 57.0 Å². The number of rotatable bonds is 4. The maximum atomic E-state index is 12.5. The summed E-state index contributed by atoms with van der Waals surface area (Å²) in [7, 11) is 0. The van der Waals surface area contributed by atoms with E-state index in [1.165, 1.54) is 0 Å². The molecule has 0 radical (unpaired) electrons. The average molecular weight is 373 g/mol. The van der Waals surface area contributed by atoms with Crippen LogP contribution < -0.4 is 5.32 Å². The number of anilines is 1. The third-order valence-electron chi connectivity index (χ3n) is 5.33. The van der Waals surface area contributed by atoms with Gasteiger partial charge in [-0.25, -0.2) is 4.79 Å². The van der Waals surface area contributed by atoms with Crippen LogP contribution in [0.5, 0.6) is 0 Å². The molecule has 2 aromatic carbocycles. The number of hydrogen-bond acceptors (Lipinski definition) is 5. The Morgan fingerprint density at radius 3 is 2.67 bits per heavy atom. The zero-order valence-electron chi connectivity index (χ0n) is 15.9. The van der Waals surface area contributed by atoms with Crippen LogP contribution in [-0.2, 0) is 9.47 Å². The Kier molecular flexibility index (Phi) is 5.42. The highest BCUT2D eigenvalue weighted by atomic mass is 16.6. The van der Waals surface area contributed by atoms with E-state index >= 15 is 0 Å². The monoisotopic (exact) mass is 373 g/mol. The normalized spacial score (nSPS) is 25.7. The molecule has 1 fully saturated rings. The molecule has 3 atom stereocenters. The summed E-state index contributed by atoms with van der Waals surface area (Å²) in [6.07, 6.45) is -0.985. The van der Waals surface area contributed by atoms with E-state index in [9.17, 15) is 15.0 Å². The molecule has 3 N–H and O–H groups in total. The predicted octanol–water partition coefficient (Wildman–Crippen LogP) is 3.46. The summed E-state index contributed by atoms with van der Waals surface area (Å²) in [5, 5.41) is 24.1.